The number of benzene rings is 1. The lowest BCUT2D eigenvalue weighted by Crippen LogP contribution is -2.35. The zero-order valence-electron chi connectivity index (χ0n) is 13.9. The highest BCUT2D eigenvalue weighted by atomic mass is 16.7. The summed E-state index contributed by atoms with van der Waals surface area (Å²) in [6.07, 6.45) is 1.88. The molecule has 0 saturated carbocycles. The van der Waals surface area contributed by atoms with Gasteiger partial charge in [0.15, 0.2) is 6.29 Å². The molecule has 0 atom stereocenters. The van der Waals surface area contributed by atoms with Crippen molar-refractivity contribution in [2.24, 2.45) is 0 Å². The standard InChI is InChI=1S/C18H26N2O3/c1-2-7-19-8-4-9-20(11-10-19)17(21)15-5-3-6-16(14-15)18-22-12-13-23-18/h3,5-6,14,18H,2,4,7-13H2,1H3. The van der Waals surface area contributed by atoms with Gasteiger partial charge in [-0.1, -0.05) is 19.1 Å². The van der Waals surface area contributed by atoms with Gasteiger partial charge in [-0.15, -0.1) is 0 Å². The van der Waals surface area contributed by atoms with E-state index >= 15 is 0 Å². The summed E-state index contributed by atoms with van der Waals surface area (Å²) < 4.78 is 11.1. The van der Waals surface area contributed by atoms with Crippen molar-refractivity contribution < 1.29 is 14.3 Å². The van der Waals surface area contributed by atoms with E-state index in [9.17, 15) is 4.79 Å². The normalized spacial score (nSPS) is 20.7. The summed E-state index contributed by atoms with van der Waals surface area (Å²) in [7, 11) is 0. The first-order valence-electron chi connectivity index (χ1n) is 8.62. The van der Waals surface area contributed by atoms with E-state index in [1.807, 2.05) is 29.2 Å². The van der Waals surface area contributed by atoms with Crippen LogP contribution in [0, 0.1) is 0 Å². The van der Waals surface area contributed by atoms with Gasteiger partial charge < -0.3 is 19.3 Å². The molecule has 2 aliphatic rings. The topological polar surface area (TPSA) is 42.0 Å². The van der Waals surface area contributed by atoms with E-state index in [2.05, 4.69) is 11.8 Å². The minimum absolute atomic E-state index is 0.114. The molecule has 1 aromatic rings. The average Bonchev–Trinajstić information content (AvgIpc) is 3.02. The summed E-state index contributed by atoms with van der Waals surface area (Å²) in [5.41, 5.74) is 1.65. The van der Waals surface area contributed by atoms with Crippen LogP contribution in [0.25, 0.3) is 0 Å². The molecule has 0 bridgehead atoms. The number of nitrogens with zero attached hydrogens (tertiary/aromatic N) is 2. The first kappa shape index (κ1) is 16.4. The van der Waals surface area contributed by atoms with E-state index < -0.39 is 0 Å². The number of hydrogen-bond acceptors (Lipinski definition) is 4. The Balaban J connectivity index is 1.66. The maximum atomic E-state index is 12.8. The molecule has 0 N–H and O–H groups in total. The molecule has 0 radical (unpaired) electrons. The van der Waals surface area contributed by atoms with E-state index in [-0.39, 0.29) is 12.2 Å². The van der Waals surface area contributed by atoms with Crippen LogP contribution in [0.3, 0.4) is 0 Å². The summed E-state index contributed by atoms with van der Waals surface area (Å²) in [5.74, 6) is 0.114. The van der Waals surface area contributed by atoms with Crippen molar-refractivity contribution in [3.05, 3.63) is 35.4 Å². The monoisotopic (exact) mass is 318 g/mol. The van der Waals surface area contributed by atoms with Gasteiger partial charge in [0.05, 0.1) is 13.2 Å². The molecule has 0 spiro atoms. The Labute approximate surface area is 138 Å². The number of amides is 1. The SMILES string of the molecule is CCCN1CCCN(C(=O)c2cccc(C3OCCO3)c2)CC1. The number of carbonyl (C=O) groups is 1. The molecule has 2 saturated heterocycles. The van der Waals surface area contributed by atoms with Gasteiger partial charge >= 0.3 is 0 Å². The molecule has 2 fully saturated rings. The minimum Gasteiger partial charge on any atom is -0.346 e. The van der Waals surface area contributed by atoms with Crippen LogP contribution in [0.1, 0.15) is 42.0 Å². The van der Waals surface area contributed by atoms with Gasteiger partial charge in [0.1, 0.15) is 0 Å². The second-order valence-corrected chi connectivity index (χ2v) is 6.19. The maximum Gasteiger partial charge on any atom is 0.253 e. The summed E-state index contributed by atoms with van der Waals surface area (Å²) in [4.78, 5) is 17.2. The predicted octanol–water partition coefficient (Wildman–Crippen LogP) is 2.29. The first-order chi connectivity index (χ1) is 11.3. The van der Waals surface area contributed by atoms with Crippen LogP contribution in [0.15, 0.2) is 24.3 Å². The van der Waals surface area contributed by atoms with Gasteiger partial charge in [-0.3, -0.25) is 4.79 Å². The predicted molar refractivity (Wildman–Crippen MR) is 88.3 cm³/mol. The molecule has 0 aliphatic carbocycles. The van der Waals surface area contributed by atoms with E-state index in [4.69, 9.17) is 9.47 Å². The molecule has 23 heavy (non-hydrogen) atoms. The lowest BCUT2D eigenvalue weighted by atomic mass is 10.1. The lowest BCUT2D eigenvalue weighted by molar-refractivity contribution is -0.0441. The fourth-order valence-electron chi connectivity index (χ4n) is 3.27. The van der Waals surface area contributed by atoms with E-state index in [1.54, 1.807) is 0 Å². The molecule has 1 amide bonds. The van der Waals surface area contributed by atoms with Crippen molar-refractivity contribution in [2.45, 2.75) is 26.1 Å². The van der Waals surface area contributed by atoms with E-state index in [1.165, 1.54) is 0 Å². The summed E-state index contributed by atoms with van der Waals surface area (Å²) >= 11 is 0. The van der Waals surface area contributed by atoms with Gasteiger partial charge in [0, 0.05) is 30.8 Å². The molecule has 2 aliphatic heterocycles. The van der Waals surface area contributed by atoms with Crippen LogP contribution in [0.4, 0.5) is 0 Å². The van der Waals surface area contributed by atoms with Crippen LogP contribution < -0.4 is 0 Å². The molecular weight excluding hydrogens is 292 g/mol. The summed E-state index contributed by atoms with van der Waals surface area (Å²) in [6, 6.07) is 7.66. The molecular formula is C18H26N2O3. The quantitative estimate of drug-likeness (QED) is 0.854. The van der Waals surface area contributed by atoms with Gasteiger partial charge in [-0.05, 0) is 38.1 Å². The number of carbonyl (C=O) groups excluding carboxylic acids is 1. The summed E-state index contributed by atoms with van der Waals surface area (Å²) in [5, 5.41) is 0. The van der Waals surface area contributed by atoms with Crippen LogP contribution >= 0.6 is 0 Å². The van der Waals surface area contributed by atoms with Crippen molar-refractivity contribution in [1.82, 2.24) is 9.80 Å². The number of ether oxygens (including phenoxy) is 2. The van der Waals surface area contributed by atoms with Crippen molar-refractivity contribution in [3.8, 4) is 0 Å². The van der Waals surface area contributed by atoms with Crippen LogP contribution in [-0.4, -0.2) is 61.6 Å². The van der Waals surface area contributed by atoms with Crippen LogP contribution in [0.5, 0.6) is 0 Å². The number of rotatable bonds is 4. The highest BCUT2D eigenvalue weighted by Crippen LogP contribution is 2.24. The third kappa shape index (κ3) is 4.10. The Kier molecular flexibility index (Phi) is 5.65. The highest BCUT2D eigenvalue weighted by molar-refractivity contribution is 5.94. The molecule has 0 unspecified atom stereocenters. The Morgan fingerprint density at radius 2 is 2.00 bits per heavy atom. The molecule has 5 heteroatoms. The zero-order valence-corrected chi connectivity index (χ0v) is 13.9. The van der Waals surface area contributed by atoms with Gasteiger partial charge in [0.25, 0.3) is 5.91 Å². The minimum atomic E-state index is -0.327. The van der Waals surface area contributed by atoms with E-state index in [0.717, 1.165) is 56.7 Å². The maximum absolute atomic E-state index is 12.8. The fourth-order valence-corrected chi connectivity index (χ4v) is 3.27. The van der Waals surface area contributed by atoms with Crippen molar-refractivity contribution in [3.63, 3.8) is 0 Å². The molecule has 3 rings (SSSR count). The van der Waals surface area contributed by atoms with Gasteiger partial charge in [-0.25, -0.2) is 0 Å². The largest absolute Gasteiger partial charge is 0.346 e. The molecule has 5 nitrogen and oxygen atoms in total. The second-order valence-electron chi connectivity index (χ2n) is 6.19. The average molecular weight is 318 g/mol. The highest BCUT2D eigenvalue weighted by Gasteiger charge is 2.22. The lowest BCUT2D eigenvalue weighted by Gasteiger charge is -2.22. The van der Waals surface area contributed by atoms with Crippen molar-refractivity contribution in [2.75, 3.05) is 45.9 Å². The number of hydrogen-bond donors (Lipinski definition) is 0. The first-order valence-corrected chi connectivity index (χ1v) is 8.62. The fraction of sp³-hybridized carbons (Fsp3) is 0.611. The third-order valence-corrected chi connectivity index (χ3v) is 4.44. The van der Waals surface area contributed by atoms with Crippen molar-refractivity contribution in [1.29, 1.82) is 0 Å². The Morgan fingerprint density at radius 3 is 2.78 bits per heavy atom. The van der Waals surface area contributed by atoms with Crippen molar-refractivity contribution >= 4 is 5.91 Å². The van der Waals surface area contributed by atoms with E-state index in [0.29, 0.717) is 13.2 Å². The molecule has 2 heterocycles. The Bertz CT molecular complexity index is 529. The molecule has 0 aromatic heterocycles. The second kappa shape index (κ2) is 7.90. The Hall–Kier alpha value is -1.43. The smallest absolute Gasteiger partial charge is 0.253 e. The summed E-state index contributed by atoms with van der Waals surface area (Å²) in [6.45, 7) is 8.24. The van der Waals surface area contributed by atoms with Crippen LogP contribution in [-0.2, 0) is 9.47 Å². The third-order valence-electron chi connectivity index (χ3n) is 4.44. The zero-order chi connectivity index (χ0) is 16.1. The van der Waals surface area contributed by atoms with Crippen LogP contribution in [0.2, 0.25) is 0 Å². The van der Waals surface area contributed by atoms with Gasteiger partial charge in [0.2, 0.25) is 0 Å². The molecule has 1 aromatic carbocycles. The van der Waals surface area contributed by atoms with Gasteiger partial charge in [-0.2, -0.15) is 0 Å². The Morgan fingerprint density at radius 1 is 1.17 bits per heavy atom. The molecule has 126 valence electrons.